The van der Waals surface area contributed by atoms with Crippen LogP contribution in [0, 0.1) is 23.5 Å². The minimum Gasteiger partial charge on any atom is -0.456 e. The number of ether oxygens (including phenoxy) is 4. The average Bonchev–Trinajstić information content (AvgIpc) is 3.28. The van der Waals surface area contributed by atoms with Gasteiger partial charge in [0.25, 0.3) is 0 Å². The van der Waals surface area contributed by atoms with Gasteiger partial charge in [-0.05, 0) is 19.8 Å². The molecule has 220 valence electrons. The van der Waals surface area contributed by atoms with Crippen LogP contribution in [0.1, 0.15) is 54.0 Å². The van der Waals surface area contributed by atoms with E-state index in [0.29, 0.717) is 5.92 Å². The number of hydrogen-bond donors (Lipinski definition) is 2. The van der Waals surface area contributed by atoms with Gasteiger partial charge >= 0.3 is 23.3 Å². The summed E-state index contributed by atoms with van der Waals surface area (Å²) in [5.74, 6) is -3.44. The van der Waals surface area contributed by atoms with Crippen LogP contribution in [0.15, 0.2) is 22.0 Å². The van der Waals surface area contributed by atoms with E-state index in [0.717, 1.165) is 23.9 Å². The fourth-order valence-corrected chi connectivity index (χ4v) is 4.45. The van der Waals surface area contributed by atoms with Crippen LogP contribution in [0.2, 0.25) is 0 Å². The van der Waals surface area contributed by atoms with E-state index in [4.69, 9.17) is 30.4 Å². The van der Waals surface area contributed by atoms with Crippen LogP contribution in [0.5, 0.6) is 0 Å². The van der Waals surface area contributed by atoms with E-state index >= 15 is 0 Å². The molecule has 2 aromatic rings. The molecule has 0 bridgehead atoms. The Hall–Kier alpha value is -3.92. The highest BCUT2D eigenvalue weighted by atomic mass is 19.1. The van der Waals surface area contributed by atoms with Crippen molar-refractivity contribution in [2.75, 3.05) is 11.5 Å². The molecule has 14 nitrogen and oxygen atoms in total. The molecule has 4 rings (SSSR count). The van der Waals surface area contributed by atoms with Crippen molar-refractivity contribution >= 4 is 23.6 Å². The van der Waals surface area contributed by atoms with Gasteiger partial charge in [-0.1, -0.05) is 13.8 Å². The van der Waals surface area contributed by atoms with Gasteiger partial charge in [-0.25, -0.2) is 18.4 Å². The van der Waals surface area contributed by atoms with Crippen molar-refractivity contribution in [3.63, 3.8) is 0 Å². The Bertz CT molecular complexity index is 1380. The first kappa shape index (κ1) is 30.6. The van der Waals surface area contributed by atoms with Gasteiger partial charge in [-0.2, -0.15) is 9.97 Å². The molecular formula is C24H32F2N6O8. The highest BCUT2D eigenvalue weighted by Crippen LogP contribution is 2.38. The lowest BCUT2D eigenvalue weighted by Crippen LogP contribution is -2.40. The molecule has 4 N–H and O–H groups in total. The Morgan fingerprint density at radius 2 is 1.20 bits per heavy atom. The summed E-state index contributed by atoms with van der Waals surface area (Å²) in [4.78, 5) is 52.9. The number of carbonyl (C=O) groups excluding carboxylic acids is 2. The maximum absolute atomic E-state index is 13.6. The molecule has 2 aliphatic rings. The van der Waals surface area contributed by atoms with Gasteiger partial charge in [0.2, 0.25) is 0 Å². The van der Waals surface area contributed by atoms with Crippen molar-refractivity contribution in [3.05, 3.63) is 45.0 Å². The molecule has 0 aromatic carbocycles. The van der Waals surface area contributed by atoms with Crippen LogP contribution in [-0.2, 0) is 28.5 Å². The highest BCUT2D eigenvalue weighted by Gasteiger charge is 2.48. The lowest BCUT2D eigenvalue weighted by molar-refractivity contribution is -0.165. The zero-order valence-corrected chi connectivity index (χ0v) is 22.7. The first-order valence-corrected chi connectivity index (χ1v) is 12.4. The molecule has 40 heavy (non-hydrogen) atoms. The number of esters is 2. The molecule has 8 atom stereocenters. The summed E-state index contributed by atoms with van der Waals surface area (Å²) < 4.78 is 50.3. The minimum atomic E-state index is -1.20. The number of aromatic nitrogens is 4. The molecule has 0 unspecified atom stereocenters. The third-order valence-electron chi connectivity index (χ3n) is 6.82. The maximum atomic E-state index is 13.6. The summed E-state index contributed by atoms with van der Waals surface area (Å²) in [5, 5.41) is 0. The maximum Gasteiger partial charge on any atom is 0.351 e. The van der Waals surface area contributed by atoms with Gasteiger partial charge in [0.15, 0.2) is 41.7 Å². The molecule has 2 aromatic heterocycles. The topological polar surface area (TPSA) is 193 Å². The van der Waals surface area contributed by atoms with E-state index in [-0.39, 0.29) is 17.8 Å². The Labute approximate surface area is 227 Å². The Kier molecular flexibility index (Phi) is 9.25. The Balaban J connectivity index is 0.000000230. The van der Waals surface area contributed by atoms with Crippen molar-refractivity contribution in [2.24, 2.45) is 11.8 Å². The summed E-state index contributed by atoms with van der Waals surface area (Å²) in [5.41, 5.74) is 9.00. The average molecular weight is 571 g/mol. The van der Waals surface area contributed by atoms with Gasteiger partial charge in [-0.3, -0.25) is 18.7 Å². The number of nitrogens with zero attached hydrogens (tertiary/aromatic N) is 4. The molecular weight excluding hydrogens is 538 g/mol. The Morgan fingerprint density at radius 1 is 0.775 bits per heavy atom. The molecule has 2 fully saturated rings. The number of hydrogen-bond acceptors (Lipinski definition) is 12. The van der Waals surface area contributed by atoms with Crippen LogP contribution in [0.25, 0.3) is 0 Å². The van der Waals surface area contributed by atoms with Crippen LogP contribution < -0.4 is 22.8 Å². The lowest BCUT2D eigenvalue weighted by atomic mass is 9.93. The lowest BCUT2D eigenvalue weighted by Gasteiger charge is -2.23. The standard InChI is InChI=1S/C13H16FN3O6.C11H16FN3O2/c1-5-9(22-6(2)18)10(23-7(3)19)12(21-5)17-4-8(14)11(15)16-13(17)20;1-5-6(2)10(17-7(5)3)15-4-8(12)9(13)14-11(15)16/h4-5,9-10,12H,1-3H3,(H2,15,16,20);4-7,10H,1-3H3,(H2,13,14,16)/t5-,9-,10-,12-;5-,6+,7+,10+/m10/s1. The molecule has 0 radical (unpaired) electrons. The summed E-state index contributed by atoms with van der Waals surface area (Å²) in [6.45, 7) is 9.85. The summed E-state index contributed by atoms with van der Waals surface area (Å²) in [6.07, 6.45) is -2.56. The van der Waals surface area contributed by atoms with Crippen molar-refractivity contribution < 1.29 is 37.3 Å². The second-order valence-corrected chi connectivity index (χ2v) is 9.66. The van der Waals surface area contributed by atoms with E-state index in [9.17, 15) is 28.0 Å². The van der Waals surface area contributed by atoms with Crippen LogP contribution >= 0.6 is 0 Å². The van der Waals surface area contributed by atoms with Crippen LogP contribution in [0.3, 0.4) is 0 Å². The fourth-order valence-electron chi connectivity index (χ4n) is 4.45. The smallest absolute Gasteiger partial charge is 0.351 e. The van der Waals surface area contributed by atoms with Gasteiger partial charge in [0.05, 0.1) is 24.6 Å². The molecule has 2 saturated heterocycles. The van der Waals surface area contributed by atoms with Crippen molar-refractivity contribution in [1.29, 1.82) is 0 Å². The van der Waals surface area contributed by atoms with Crippen molar-refractivity contribution in [1.82, 2.24) is 19.1 Å². The van der Waals surface area contributed by atoms with Gasteiger partial charge in [0, 0.05) is 19.8 Å². The largest absolute Gasteiger partial charge is 0.456 e. The molecule has 0 amide bonds. The van der Waals surface area contributed by atoms with E-state index in [1.807, 2.05) is 20.8 Å². The first-order chi connectivity index (χ1) is 18.6. The quantitative estimate of drug-likeness (QED) is 0.494. The van der Waals surface area contributed by atoms with E-state index in [2.05, 4.69) is 9.97 Å². The molecule has 16 heteroatoms. The number of rotatable bonds is 4. The van der Waals surface area contributed by atoms with Crippen LogP contribution in [0.4, 0.5) is 20.4 Å². The fraction of sp³-hybridized carbons (Fsp3) is 0.583. The van der Waals surface area contributed by atoms with E-state index < -0.39 is 71.5 Å². The zero-order chi connectivity index (χ0) is 30.0. The molecule has 0 aliphatic carbocycles. The predicted molar refractivity (Wildman–Crippen MR) is 134 cm³/mol. The predicted octanol–water partition coefficient (Wildman–Crippen LogP) is 0.899. The summed E-state index contributed by atoms with van der Waals surface area (Å²) in [6, 6.07) is 0. The third kappa shape index (κ3) is 6.44. The summed E-state index contributed by atoms with van der Waals surface area (Å²) >= 11 is 0. The van der Waals surface area contributed by atoms with Crippen molar-refractivity contribution in [3.8, 4) is 0 Å². The van der Waals surface area contributed by atoms with Gasteiger partial charge in [0.1, 0.15) is 6.23 Å². The minimum absolute atomic E-state index is 0.0301. The number of nitrogens with two attached hydrogens (primary N) is 2. The molecule has 4 heterocycles. The molecule has 0 saturated carbocycles. The third-order valence-corrected chi connectivity index (χ3v) is 6.82. The summed E-state index contributed by atoms with van der Waals surface area (Å²) in [7, 11) is 0. The second kappa shape index (κ2) is 12.1. The first-order valence-electron chi connectivity index (χ1n) is 12.4. The molecule has 2 aliphatic heterocycles. The molecule has 0 spiro atoms. The highest BCUT2D eigenvalue weighted by molar-refractivity contribution is 5.67. The normalized spacial score (nSPS) is 29.4. The Morgan fingerprint density at radius 3 is 1.62 bits per heavy atom. The second-order valence-electron chi connectivity index (χ2n) is 9.66. The number of anilines is 2. The van der Waals surface area contributed by atoms with E-state index in [1.165, 1.54) is 11.5 Å². The van der Waals surface area contributed by atoms with Crippen molar-refractivity contribution in [2.45, 2.75) is 78.4 Å². The number of carbonyl (C=O) groups is 2. The monoisotopic (exact) mass is 570 g/mol. The van der Waals surface area contributed by atoms with Crippen LogP contribution in [-0.4, -0.2) is 55.5 Å². The number of halogens is 2. The van der Waals surface area contributed by atoms with Gasteiger partial charge < -0.3 is 30.4 Å². The van der Waals surface area contributed by atoms with E-state index in [1.54, 1.807) is 6.92 Å². The zero-order valence-electron chi connectivity index (χ0n) is 22.7. The SMILES string of the molecule is CC(=O)O[C@@H]1[C@H](OC(C)=O)[C@@H](C)O[C@H]1n1cc(F)c(N)nc1=O.C[C@@H]1[C@H](C)[C@@H](C)O[C@H]1n1cc(F)c(N)nc1=O. The number of nitrogen functional groups attached to an aromatic ring is 2. The van der Waals surface area contributed by atoms with Gasteiger partial charge in [-0.15, -0.1) is 0 Å².